The number of hydrogen-bond acceptors (Lipinski definition) is 7. The van der Waals surface area contributed by atoms with E-state index in [0.717, 1.165) is 16.9 Å². The molecule has 0 aromatic heterocycles. The minimum absolute atomic E-state index is 0.000249. The Hall–Kier alpha value is -3.94. The molecule has 0 N–H and O–H groups in total. The molecule has 8 nitrogen and oxygen atoms in total. The number of carbonyl (C=O) groups is 1. The van der Waals surface area contributed by atoms with Crippen molar-refractivity contribution in [2.45, 2.75) is 0 Å². The second-order valence-electron chi connectivity index (χ2n) is 6.03. The number of hydrogen-bond donors (Lipinski definition) is 0. The summed E-state index contributed by atoms with van der Waals surface area (Å²) in [6.45, 7) is 0.298. The first-order chi connectivity index (χ1) is 13.5. The number of nitrogens with zero attached hydrogens (tertiary/aromatic N) is 2. The van der Waals surface area contributed by atoms with Gasteiger partial charge in [-0.25, -0.2) is 9.79 Å². The van der Waals surface area contributed by atoms with E-state index >= 15 is 0 Å². The second-order valence-corrected chi connectivity index (χ2v) is 6.03. The summed E-state index contributed by atoms with van der Waals surface area (Å²) in [5.41, 5.74) is 1.83. The Labute approximate surface area is 159 Å². The van der Waals surface area contributed by atoms with Crippen molar-refractivity contribution in [1.82, 2.24) is 0 Å². The Balaban J connectivity index is 1.66. The molecule has 140 valence electrons. The third kappa shape index (κ3) is 3.23. The van der Waals surface area contributed by atoms with Gasteiger partial charge in [-0.2, -0.15) is 0 Å². The molecule has 0 bridgehead atoms. The molecular weight excluding hydrogens is 364 g/mol. The molecule has 0 aliphatic carbocycles. The molecule has 28 heavy (non-hydrogen) atoms. The number of aliphatic imine (C=N–C) groups is 1. The number of para-hydroxylation sites is 1. The molecule has 8 heteroatoms. The highest BCUT2D eigenvalue weighted by Gasteiger charge is 2.27. The number of ether oxygens (including phenoxy) is 3. The highest BCUT2D eigenvalue weighted by Crippen LogP contribution is 2.30. The van der Waals surface area contributed by atoms with Crippen LogP contribution in [0.4, 0.5) is 5.69 Å². The number of rotatable bonds is 4. The van der Waals surface area contributed by atoms with E-state index in [1.165, 1.54) is 19.2 Å². The number of nitro groups is 1. The Morgan fingerprint density at radius 2 is 2.07 bits per heavy atom. The molecule has 0 amide bonds. The largest absolute Gasteiger partial charge is 0.490 e. The van der Waals surface area contributed by atoms with Crippen LogP contribution in [-0.4, -0.2) is 30.5 Å². The smallest absolute Gasteiger partial charge is 0.363 e. The quantitative estimate of drug-likeness (QED) is 0.350. The molecule has 0 spiro atoms. The zero-order valence-corrected chi connectivity index (χ0v) is 14.7. The van der Waals surface area contributed by atoms with Gasteiger partial charge in [0.15, 0.2) is 11.4 Å². The summed E-state index contributed by atoms with van der Waals surface area (Å²) < 4.78 is 15.8. The molecule has 4 rings (SSSR count). The molecular formula is C20H14N2O6. The lowest BCUT2D eigenvalue weighted by atomic mass is 10.1. The lowest BCUT2D eigenvalue weighted by molar-refractivity contribution is -0.385. The predicted octanol–water partition coefficient (Wildman–Crippen LogP) is 3.27. The van der Waals surface area contributed by atoms with Gasteiger partial charge >= 0.3 is 11.7 Å². The van der Waals surface area contributed by atoms with Crippen molar-refractivity contribution in [3.05, 3.63) is 81.1 Å². The van der Waals surface area contributed by atoms with Crippen LogP contribution in [0, 0.1) is 10.1 Å². The number of carbonyl (C=O) groups excluding carboxylic acids is 1. The van der Waals surface area contributed by atoms with E-state index in [1.54, 1.807) is 12.1 Å². The maximum absolute atomic E-state index is 12.2. The van der Waals surface area contributed by atoms with Gasteiger partial charge in [-0.05, 0) is 35.9 Å². The van der Waals surface area contributed by atoms with Crippen molar-refractivity contribution < 1.29 is 23.9 Å². The summed E-state index contributed by atoms with van der Waals surface area (Å²) in [6.07, 6.45) is 3.49. The van der Waals surface area contributed by atoms with Crippen LogP contribution >= 0.6 is 0 Å². The third-order valence-corrected chi connectivity index (χ3v) is 4.22. The second kappa shape index (κ2) is 6.99. The van der Waals surface area contributed by atoms with Crippen molar-refractivity contribution in [3.8, 4) is 11.5 Å². The normalized spacial score (nSPS) is 16.6. The Morgan fingerprint density at radius 3 is 2.86 bits per heavy atom. The maximum Gasteiger partial charge on any atom is 0.363 e. The maximum atomic E-state index is 12.2. The zero-order chi connectivity index (χ0) is 19.7. The Morgan fingerprint density at radius 1 is 1.25 bits per heavy atom. The van der Waals surface area contributed by atoms with Crippen LogP contribution in [0.3, 0.4) is 0 Å². The standard InChI is InChI=1S/C20H14N2O6/c1-26-18-7-6-14(10-16(18)22(24)25)19-21-15(20(23)28-19)9-12-8-13-4-2-3-5-17(13)27-11-12/h2-10H,11H2,1H3/b15-9+. The molecule has 0 saturated heterocycles. The predicted molar refractivity (Wildman–Crippen MR) is 100 cm³/mol. The first-order valence-corrected chi connectivity index (χ1v) is 8.33. The van der Waals surface area contributed by atoms with Gasteiger partial charge in [0, 0.05) is 17.2 Å². The molecule has 0 fully saturated rings. The topological polar surface area (TPSA) is 100 Å². The first-order valence-electron chi connectivity index (χ1n) is 8.33. The highest BCUT2D eigenvalue weighted by atomic mass is 16.6. The summed E-state index contributed by atoms with van der Waals surface area (Å²) >= 11 is 0. The van der Waals surface area contributed by atoms with Crippen molar-refractivity contribution >= 4 is 23.6 Å². The number of nitro benzene ring substituents is 1. The summed E-state index contributed by atoms with van der Waals surface area (Å²) in [6, 6.07) is 11.8. The van der Waals surface area contributed by atoms with Gasteiger partial charge in [-0.15, -0.1) is 0 Å². The van der Waals surface area contributed by atoms with Gasteiger partial charge in [0.2, 0.25) is 5.90 Å². The average molecular weight is 378 g/mol. The van der Waals surface area contributed by atoms with Crippen LogP contribution in [0.5, 0.6) is 11.5 Å². The minimum atomic E-state index is -0.631. The summed E-state index contributed by atoms with van der Waals surface area (Å²) in [7, 11) is 1.34. The van der Waals surface area contributed by atoms with Crippen molar-refractivity contribution in [2.24, 2.45) is 4.99 Å². The van der Waals surface area contributed by atoms with E-state index < -0.39 is 10.9 Å². The van der Waals surface area contributed by atoms with E-state index in [-0.39, 0.29) is 23.0 Å². The first kappa shape index (κ1) is 17.5. The fourth-order valence-corrected chi connectivity index (χ4v) is 2.89. The fourth-order valence-electron chi connectivity index (χ4n) is 2.89. The molecule has 0 unspecified atom stereocenters. The molecule has 2 aromatic carbocycles. The number of esters is 1. The third-order valence-electron chi connectivity index (χ3n) is 4.22. The molecule has 0 radical (unpaired) electrons. The van der Waals surface area contributed by atoms with Crippen molar-refractivity contribution in [3.63, 3.8) is 0 Å². The van der Waals surface area contributed by atoms with Crippen LogP contribution in [-0.2, 0) is 9.53 Å². The van der Waals surface area contributed by atoms with E-state index in [1.807, 2.05) is 30.3 Å². The Bertz CT molecular complexity index is 1080. The van der Waals surface area contributed by atoms with Gasteiger partial charge in [0.25, 0.3) is 0 Å². The van der Waals surface area contributed by atoms with Crippen LogP contribution < -0.4 is 9.47 Å². The van der Waals surface area contributed by atoms with E-state index in [2.05, 4.69) is 4.99 Å². The summed E-state index contributed by atoms with van der Waals surface area (Å²) in [5.74, 6) is 0.249. The van der Waals surface area contributed by atoms with Crippen molar-refractivity contribution in [2.75, 3.05) is 13.7 Å². The highest BCUT2D eigenvalue weighted by molar-refractivity contribution is 6.11. The molecule has 2 heterocycles. The lowest BCUT2D eigenvalue weighted by Gasteiger charge is -2.15. The van der Waals surface area contributed by atoms with Crippen LogP contribution in [0.25, 0.3) is 6.08 Å². The van der Waals surface area contributed by atoms with E-state index in [9.17, 15) is 14.9 Å². The number of benzene rings is 2. The van der Waals surface area contributed by atoms with Gasteiger partial charge in [-0.1, -0.05) is 18.2 Å². The van der Waals surface area contributed by atoms with Crippen molar-refractivity contribution in [1.29, 1.82) is 0 Å². The zero-order valence-electron chi connectivity index (χ0n) is 14.7. The molecule has 2 aliphatic rings. The number of cyclic esters (lactones) is 1. The molecule has 2 aromatic rings. The van der Waals surface area contributed by atoms with Crippen LogP contribution in [0.15, 0.2) is 64.8 Å². The van der Waals surface area contributed by atoms with E-state index in [4.69, 9.17) is 14.2 Å². The monoisotopic (exact) mass is 378 g/mol. The molecule has 0 saturated carbocycles. The summed E-state index contributed by atoms with van der Waals surface area (Å²) in [4.78, 5) is 27.0. The van der Waals surface area contributed by atoms with Crippen LogP contribution in [0.1, 0.15) is 11.1 Å². The number of fused-ring (bicyclic) bond motifs is 1. The lowest BCUT2D eigenvalue weighted by Crippen LogP contribution is -2.08. The van der Waals surface area contributed by atoms with E-state index in [0.29, 0.717) is 12.2 Å². The SMILES string of the molecule is COc1ccc(C2=N/C(=C/C3=Cc4ccccc4OC3)C(=O)O2)cc1[N+](=O)[O-]. The van der Waals surface area contributed by atoms with Gasteiger partial charge in [-0.3, -0.25) is 10.1 Å². The minimum Gasteiger partial charge on any atom is -0.490 e. The molecule has 2 aliphatic heterocycles. The summed E-state index contributed by atoms with van der Waals surface area (Å²) in [5, 5.41) is 11.2. The fraction of sp³-hybridized carbons (Fsp3) is 0.100. The Kier molecular flexibility index (Phi) is 4.36. The van der Waals surface area contributed by atoms with Gasteiger partial charge in [0.1, 0.15) is 12.4 Å². The van der Waals surface area contributed by atoms with Crippen LogP contribution in [0.2, 0.25) is 0 Å². The molecule has 0 atom stereocenters. The number of methoxy groups -OCH3 is 1. The van der Waals surface area contributed by atoms with Gasteiger partial charge < -0.3 is 14.2 Å². The van der Waals surface area contributed by atoms with Gasteiger partial charge in [0.05, 0.1) is 12.0 Å². The average Bonchev–Trinajstić information content (AvgIpc) is 3.07.